The van der Waals surface area contributed by atoms with Crippen LogP contribution in [0.3, 0.4) is 0 Å². The molecular formula is C23H22N2O2. The first kappa shape index (κ1) is 18.4. The molecule has 0 aromatic heterocycles. The Balaban J connectivity index is 1.56. The Labute approximate surface area is 159 Å². The van der Waals surface area contributed by atoms with Gasteiger partial charge in [0.1, 0.15) is 0 Å². The SMILES string of the molecule is CCc1ccc(C(=O)Cc2ccc(NC(=O)Nc3ccccc3)cc2)cc1. The van der Waals surface area contributed by atoms with Crippen LogP contribution in [0.15, 0.2) is 78.9 Å². The monoisotopic (exact) mass is 358 g/mol. The second-order valence-corrected chi connectivity index (χ2v) is 6.29. The van der Waals surface area contributed by atoms with Gasteiger partial charge in [0.15, 0.2) is 5.78 Å². The van der Waals surface area contributed by atoms with Crippen LogP contribution in [0.5, 0.6) is 0 Å². The third-order valence-corrected chi connectivity index (χ3v) is 4.29. The summed E-state index contributed by atoms with van der Waals surface area (Å²) in [6, 6.07) is 24.0. The first-order valence-corrected chi connectivity index (χ1v) is 8.98. The summed E-state index contributed by atoms with van der Waals surface area (Å²) in [5.74, 6) is 0.0835. The largest absolute Gasteiger partial charge is 0.323 e. The Morgan fingerprint density at radius 1 is 0.704 bits per heavy atom. The van der Waals surface area contributed by atoms with E-state index in [1.807, 2.05) is 66.7 Å². The highest BCUT2D eigenvalue weighted by molar-refractivity contribution is 6.00. The Morgan fingerprint density at radius 2 is 1.26 bits per heavy atom. The molecule has 0 aliphatic heterocycles. The standard InChI is InChI=1S/C23H22N2O2/c1-2-17-8-12-19(13-9-17)22(26)16-18-10-14-21(15-11-18)25-23(27)24-20-6-4-3-5-7-20/h3-15H,2,16H2,1H3,(H2,24,25,27). The summed E-state index contributed by atoms with van der Waals surface area (Å²) < 4.78 is 0. The predicted molar refractivity (Wildman–Crippen MR) is 109 cm³/mol. The summed E-state index contributed by atoms with van der Waals surface area (Å²) in [6.07, 6.45) is 1.29. The highest BCUT2D eigenvalue weighted by Crippen LogP contribution is 2.14. The maximum absolute atomic E-state index is 12.4. The molecule has 3 aromatic carbocycles. The molecule has 0 spiro atoms. The van der Waals surface area contributed by atoms with Gasteiger partial charge in [0.25, 0.3) is 0 Å². The predicted octanol–water partition coefficient (Wildman–Crippen LogP) is 5.32. The van der Waals surface area contributed by atoms with Crippen LogP contribution in [0.2, 0.25) is 0 Å². The smallest absolute Gasteiger partial charge is 0.308 e. The topological polar surface area (TPSA) is 58.2 Å². The number of para-hydroxylation sites is 1. The third-order valence-electron chi connectivity index (χ3n) is 4.29. The van der Waals surface area contributed by atoms with Crippen molar-refractivity contribution in [2.45, 2.75) is 19.8 Å². The average molecular weight is 358 g/mol. The number of carbonyl (C=O) groups excluding carboxylic acids is 2. The lowest BCUT2D eigenvalue weighted by Gasteiger charge is -2.08. The molecule has 3 aromatic rings. The van der Waals surface area contributed by atoms with Crippen LogP contribution < -0.4 is 10.6 Å². The molecule has 2 N–H and O–H groups in total. The molecule has 0 fully saturated rings. The van der Waals surface area contributed by atoms with Crippen molar-refractivity contribution >= 4 is 23.2 Å². The number of benzene rings is 3. The molecule has 0 saturated heterocycles. The molecule has 0 atom stereocenters. The van der Waals surface area contributed by atoms with Crippen molar-refractivity contribution in [3.05, 3.63) is 95.6 Å². The van der Waals surface area contributed by atoms with Crippen molar-refractivity contribution in [3.63, 3.8) is 0 Å². The van der Waals surface area contributed by atoms with E-state index in [1.54, 1.807) is 12.1 Å². The summed E-state index contributed by atoms with van der Waals surface area (Å²) in [7, 11) is 0. The van der Waals surface area contributed by atoms with Crippen molar-refractivity contribution in [2.75, 3.05) is 10.6 Å². The molecule has 0 unspecified atom stereocenters. The Kier molecular flexibility index (Phi) is 6.00. The van der Waals surface area contributed by atoms with Crippen LogP contribution in [0.25, 0.3) is 0 Å². The number of anilines is 2. The van der Waals surface area contributed by atoms with Crippen molar-refractivity contribution < 1.29 is 9.59 Å². The first-order valence-electron chi connectivity index (χ1n) is 8.98. The second-order valence-electron chi connectivity index (χ2n) is 6.29. The van der Waals surface area contributed by atoms with Crippen molar-refractivity contribution in [1.29, 1.82) is 0 Å². The molecule has 2 amide bonds. The van der Waals surface area contributed by atoms with E-state index in [2.05, 4.69) is 17.6 Å². The molecule has 136 valence electrons. The van der Waals surface area contributed by atoms with Gasteiger partial charge >= 0.3 is 6.03 Å². The molecule has 0 aliphatic rings. The maximum Gasteiger partial charge on any atom is 0.323 e. The number of aryl methyl sites for hydroxylation is 1. The van der Waals surface area contributed by atoms with Crippen LogP contribution in [0.1, 0.15) is 28.4 Å². The van der Waals surface area contributed by atoms with Crippen LogP contribution >= 0.6 is 0 Å². The average Bonchev–Trinajstić information content (AvgIpc) is 2.70. The second kappa shape index (κ2) is 8.81. The number of rotatable bonds is 6. The van der Waals surface area contributed by atoms with Gasteiger partial charge in [0.2, 0.25) is 0 Å². The van der Waals surface area contributed by atoms with E-state index in [4.69, 9.17) is 0 Å². The van der Waals surface area contributed by atoms with Crippen molar-refractivity contribution in [1.82, 2.24) is 0 Å². The normalized spacial score (nSPS) is 10.3. The minimum absolute atomic E-state index is 0.0835. The van der Waals surface area contributed by atoms with Crippen LogP contribution in [0, 0.1) is 0 Å². The van der Waals surface area contributed by atoms with E-state index in [9.17, 15) is 9.59 Å². The highest BCUT2D eigenvalue weighted by Gasteiger charge is 2.08. The van der Waals surface area contributed by atoms with Gasteiger partial charge in [-0.2, -0.15) is 0 Å². The Bertz CT molecular complexity index is 901. The highest BCUT2D eigenvalue weighted by atomic mass is 16.2. The van der Waals surface area contributed by atoms with Gasteiger partial charge in [-0.05, 0) is 41.8 Å². The lowest BCUT2D eigenvalue weighted by atomic mass is 10.0. The van der Waals surface area contributed by atoms with Gasteiger partial charge in [-0.15, -0.1) is 0 Å². The first-order chi connectivity index (χ1) is 13.1. The number of ketones is 1. The van der Waals surface area contributed by atoms with Gasteiger partial charge in [0.05, 0.1) is 0 Å². The quantitative estimate of drug-likeness (QED) is 0.586. The van der Waals surface area contributed by atoms with Gasteiger partial charge in [-0.3, -0.25) is 4.79 Å². The maximum atomic E-state index is 12.4. The lowest BCUT2D eigenvalue weighted by molar-refractivity contribution is 0.0993. The summed E-state index contributed by atoms with van der Waals surface area (Å²) in [5.41, 5.74) is 4.25. The molecule has 27 heavy (non-hydrogen) atoms. The molecule has 0 bridgehead atoms. The van der Waals surface area contributed by atoms with Crippen LogP contribution in [0.4, 0.5) is 16.2 Å². The number of nitrogens with one attached hydrogen (secondary N) is 2. The minimum atomic E-state index is -0.305. The van der Waals surface area contributed by atoms with E-state index in [1.165, 1.54) is 5.56 Å². The molecule has 4 heteroatoms. The van der Waals surface area contributed by atoms with Crippen LogP contribution in [-0.2, 0) is 12.8 Å². The fourth-order valence-corrected chi connectivity index (χ4v) is 2.73. The van der Waals surface area contributed by atoms with Gasteiger partial charge in [0, 0.05) is 23.4 Å². The van der Waals surface area contributed by atoms with Crippen molar-refractivity contribution in [2.24, 2.45) is 0 Å². The van der Waals surface area contributed by atoms with Gasteiger partial charge in [-0.1, -0.05) is 61.5 Å². The van der Waals surface area contributed by atoms with E-state index in [0.717, 1.165) is 23.2 Å². The van der Waals surface area contributed by atoms with Crippen molar-refractivity contribution in [3.8, 4) is 0 Å². The Hall–Kier alpha value is -3.40. The van der Waals surface area contributed by atoms with E-state index >= 15 is 0 Å². The molecule has 0 aliphatic carbocycles. The minimum Gasteiger partial charge on any atom is -0.308 e. The molecule has 0 heterocycles. The Morgan fingerprint density at radius 3 is 1.85 bits per heavy atom. The summed E-state index contributed by atoms with van der Waals surface area (Å²) in [5, 5.41) is 5.54. The molecule has 0 radical (unpaired) electrons. The van der Waals surface area contributed by atoms with E-state index in [-0.39, 0.29) is 11.8 Å². The lowest BCUT2D eigenvalue weighted by Crippen LogP contribution is -2.19. The fourth-order valence-electron chi connectivity index (χ4n) is 2.73. The number of hydrogen-bond acceptors (Lipinski definition) is 2. The third kappa shape index (κ3) is 5.28. The fraction of sp³-hybridized carbons (Fsp3) is 0.130. The number of amides is 2. The number of urea groups is 1. The summed E-state index contributed by atoms with van der Waals surface area (Å²) >= 11 is 0. The molecule has 3 rings (SSSR count). The number of hydrogen-bond donors (Lipinski definition) is 2. The van der Waals surface area contributed by atoms with Gasteiger partial charge < -0.3 is 10.6 Å². The van der Waals surface area contributed by atoms with E-state index in [0.29, 0.717) is 12.1 Å². The summed E-state index contributed by atoms with van der Waals surface area (Å²) in [4.78, 5) is 24.4. The zero-order valence-electron chi connectivity index (χ0n) is 15.2. The molecule has 0 saturated carbocycles. The number of Topliss-reactive ketones (excluding diaryl/α,β-unsaturated/α-hetero) is 1. The zero-order chi connectivity index (χ0) is 19.1. The van der Waals surface area contributed by atoms with Gasteiger partial charge in [-0.25, -0.2) is 4.79 Å². The molecule has 4 nitrogen and oxygen atoms in total. The van der Waals surface area contributed by atoms with E-state index < -0.39 is 0 Å². The summed E-state index contributed by atoms with van der Waals surface area (Å²) in [6.45, 7) is 2.09. The molecular weight excluding hydrogens is 336 g/mol. The van der Waals surface area contributed by atoms with Crippen LogP contribution in [-0.4, -0.2) is 11.8 Å². The zero-order valence-corrected chi connectivity index (χ0v) is 15.2. The number of carbonyl (C=O) groups is 2.